The lowest BCUT2D eigenvalue weighted by atomic mass is 9.44. The molecule has 4 nitrogen and oxygen atoms in total. The second-order valence-electron chi connectivity index (χ2n) is 13.3. The number of allylic oxidation sites excluding steroid dienone is 1. The molecule has 0 aromatic carbocycles. The Morgan fingerprint density at radius 2 is 1.52 bits per heavy atom. The monoisotopic (exact) mass is 458 g/mol. The number of carbonyl (C=O) groups is 1. The summed E-state index contributed by atoms with van der Waals surface area (Å²) in [6.45, 7) is 11.5. The molecule has 188 valence electrons. The van der Waals surface area contributed by atoms with E-state index in [1.54, 1.807) is 6.08 Å². The Bertz CT molecular complexity index is 774. The quantitative estimate of drug-likeness (QED) is 0.577. The van der Waals surface area contributed by atoms with Crippen molar-refractivity contribution in [1.82, 2.24) is 9.80 Å². The largest absolute Gasteiger partial charge is 0.391 e. The number of carbonyl (C=O) groups excluding carboxylic acids is 1. The number of hydrogen-bond acceptors (Lipinski definition) is 3. The van der Waals surface area contributed by atoms with Crippen LogP contribution in [0.4, 0.5) is 0 Å². The van der Waals surface area contributed by atoms with E-state index in [0.717, 1.165) is 48.5 Å². The second-order valence-corrected chi connectivity index (χ2v) is 13.3. The first-order valence-corrected chi connectivity index (χ1v) is 13.7. The zero-order valence-electron chi connectivity index (χ0n) is 22.6. The van der Waals surface area contributed by atoms with Crippen molar-refractivity contribution in [3.05, 3.63) is 11.6 Å². The van der Waals surface area contributed by atoms with Crippen LogP contribution in [0.3, 0.4) is 0 Å². The molecule has 1 amide bonds. The number of amides is 1. The predicted octanol–water partition coefficient (Wildman–Crippen LogP) is 5.36. The third-order valence-electron chi connectivity index (χ3n) is 11.5. The lowest BCUT2D eigenvalue weighted by molar-refractivity contribution is -0.167. The maximum atomic E-state index is 12.7. The fourth-order valence-electron chi connectivity index (χ4n) is 9.44. The van der Waals surface area contributed by atoms with E-state index in [4.69, 9.17) is 0 Å². The molecule has 4 aliphatic carbocycles. The van der Waals surface area contributed by atoms with Crippen molar-refractivity contribution in [2.75, 3.05) is 21.1 Å². The van der Waals surface area contributed by atoms with Gasteiger partial charge in [0.2, 0.25) is 5.91 Å². The maximum Gasteiger partial charge on any atom is 0.246 e. The molecule has 4 aliphatic rings. The Balaban J connectivity index is 1.53. The van der Waals surface area contributed by atoms with Gasteiger partial charge < -0.3 is 14.9 Å². The minimum atomic E-state index is -0.400. The summed E-state index contributed by atoms with van der Waals surface area (Å²) in [5, 5.41) is 11.6. The van der Waals surface area contributed by atoms with Crippen LogP contribution in [-0.2, 0) is 4.79 Å². The highest BCUT2D eigenvalue weighted by atomic mass is 16.3. The van der Waals surface area contributed by atoms with Crippen LogP contribution in [0.25, 0.3) is 0 Å². The van der Waals surface area contributed by atoms with Crippen LogP contribution >= 0.6 is 0 Å². The molecule has 4 rings (SSSR count). The summed E-state index contributed by atoms with van der Waals surface area (Å²) >= 11 is 0. The highest BCUT2D eigenvalue weighted by molar-refractivity contribution is 5.88. The molecule has 0 aromatic heterocycles. The summed E-state index contributed by atoms with van der Waals surface area (Å²) in [5.74, 6) is 3.56. The molecule has 4 saturated carbocycles. The number of nitrogens with zero attached hydrogens (tertiary/aromatic N) is 2. The first-order valence-electron chi connectivity index (χ1n) is 13.7. The number of hydrogen-bond donors (Lipinski definition) is 1. The molecular weight excluding hydrogens is 408 g/mol. The molecule has 10 atom stereocenters. The predicted molar refractivity (Wildman–Crippen MR) is 136 cm³/mol. The average Bonchev–Trinajstić information content (AvgIpc) is 3.09. The molecule has 0 spiro atoms. The summed E-state index contributed by atoms with van der Waals surface area (Å²) in [7, 11) is 6.39. The summed E-state index contributed by atoms with van der Waals surface area (Å²) in [6, 6.07) is 0.600. The molecule has 0 saturated heterocycles. The van der Waals surface area contributed by atoms with E-state index in [-0.39, 0.29) is 17.4 Å². The van der Waals surface area contributed by atoms with Crippen LogP contribution in [0.1, 0.15) is 86.0 Å². The van der Waals surface area contributed by atoms with Crippen molar-refractivity contribution in [3.8, 4) is 0 Å². The standard InChI is InChI=1S/C29H50N2O2/c1-18(2)17-26(32)31(8)25-14-16-29(5)23-13-15-28(4)21(19(3)30(6)7)11-12-22(28)20(23)9-10-24(29)27(25)33/h17,19-25,27,33H,9-16H2,1-8H3/t19?,20?,21?,22?,23?,24?,25?,27-,28-,29-/m1/s1. The fraction of sp³-hybridized carbons (Fsp3) is 0.897. The third-order valence-corrected chi connectivity index (χ3v) is 11.5. The molecule has 7 unspecified atom stereocenters. The van der Waals surface area contributed by atoms with Gasteiger partial charge in [-0.1, -0.05) is 19.4 Å². The van der Waals surface area contributed by atoms with E-state index in [1.807, 2.05) is 25.8 Å². The summed E-state index contributed by atoms with van der Waals surface area (Å²) < 4.78 is 0. The second kappa shape index (κ2) is 8.97. The molecule has 0 aromatic rings. The van der Waals surface area contributed by atoms with Gasteiger partial charge in [-0.15, -0.1) is 0 Å². The molecule has 1 N–H and O–H groups in total. The summed E-state index contributed by atoms with van der Waals surface area (Å²) in [5.41, 5.74) is 1.71. The van der Waals surface area contributed by atoms with Crippen LogP contribution < -0.4 is 0 Å². The highest BCUT2D eigenvalue weighted by Crippen LogP contribution is 2.68. The van der Waals surface area contributed by atoms with E-state index in [0.29, 0.717) is 17.4 Å². The Morgan fingerprint density at radius 3 is 2.15 bits per heavy atom. The number of aliphatic hydroxyl groups excluding tert-OH is 1. The zero-order chi connectivity index (χ0) is 24.3. The van der Waals surface area contributed by atoms with Crippen molar-refractivity contribution in [1.29, 1.82) is 0 Å². The first-order chi connectivity index (χ1) is 15.4. The molecule has 0 radical (unpaired) electrons. The van der Waals surface area contributed by atoms with Crippen LogP contribution in [0.5, 0.6) is 0 Å². The highest BCUT2D eigenvalue weighted by Gasteiger charge is 2.62. The molecule has 0 heterocycles. The maximum absolute atomic E-state index is 12.7. The average molecular weight is 459 g/mol. The Kier molecular flexibility index (Phi) is 6.86. The Hall–Kier alpha value is -0.870. The zero-order valence-corrected chi connectivity index (χ0v) is 22.6. The van der Waals surface area contributed by atoms with Gasteiger partial charge in [0.05, 0.1) is 12.1 Å². The number of fused-ring (bicyclic) bond motifs is 5. The van der Waals surface area contributed by atoms with Gasteiger partial charge in [0, 0.05) is 19.2 Å². The van der Waals surface area contributed by atoms with Crippen molar-refractivity contribution < 1.29 is 9.90 Å². The number of likely N-dealkylation sites (N-methyl/N-ethyl adjacent to an activating group) is 1. The summed E-state index contributed by atoms with van der Waals surface area (Å²) in [4.78, 5) is 17.0. The minimum Gasteiger partial charge on any atom is -0.391 e. The lowest BCUT2D eigenvalue weighted by Gasteiger charge is -2.62. The smallest absolute Gasteiger partial charge is 0.246 e. The fourth-order valence-corrected chi connectivity index (χ4v) is 9.44. The summed E-state index contributed by atoms with van der Waals surface area (Å²) in [6.07, 6.45) is 11.2. The van der Waals surface area contributed by atoms with Crippen LogP contribution in [0, 0.1) is 40.4 Å². The van der Waals surface area contributed by atoms with Crippen molar-refractivity contribution >= 4 is 5.91 Å². The van der Waals surface area contributed by atoms with Gasteiger partial charge in [0.25, 0.3) is 0 Å². The molecule has 4 heteroatoms. The molecular formula is C29H50N2O2. The van der Waals surface area contributed by atoms with Crippen molar-refractivity contribution in [2.45, 2.75) is 104 Å². The Labute approximate surface area is 203 Å². The Morgan fingerprint density at radius 1 is 0.909 bits per heavy atom. The van der Waals surface area contributed by atoms with Gasteiger partial charge in [-0.25, -0.2) is 0 Å². The number of rotatable bonds is 4. The van der Waals surface area contributed by atoms with E-state index in [2.05, 4.69) is 39.8 Å². The van der Waals surface area contributed by atoms with Gasteiger partial charge in [-0.2, -0.15) is 0 Å². The topological polar surface area (TPSA) is 43.8 Å². The molecule has 4 fully saturated rings. The van der Waals surface area contributed by atoms with Crippen LogP contribution in [0.2, 0.25) is 0 Å². The van der Waals surface area contributed by atoms with Gasteiger partial charge in [0.15, 0.2) is 0 Å². The lowest BCUT2D eigenvalue weighted by Crippen LogP contribution is -2.61. The molecule has 0 bridgehead atoms. The number of aliphatic hydroxyl groups is 1. The van der Waals surface area contributed by atoms with E-state index in [1.165, 1.54) is 32.1 Å². The van der Waals surface area contributed by atoms with E-state index >= 15 is 0 Å². The third kappa shape index (κ3) is 4.01. The molecule has 33 heavy (non-hydrogen) atoms. The minimum absolute atomic E-state index is 0.0387. The molecule has 0 aliphatic heterocycles. The van der Waals surface area contributed by atoms with Gasteiger partial charge >= 0.3 is 0 Å². The normalized spacial score (nSPS) is 45.6. The van der Waals surface area contributed by atoms with Crippen LogP contribution in [-0.4, -0.2) is 60.1 Å². The van der Waals surface area contributed by atoms with Crippen LogP contribution in [0.15, 0.2) is 11.6 Å². The van der Waals surface area contributed by atoms with Gasteiger partial charge in [-0.3, -0.25) is 4.79 Å². The first kappa shape index (κ1) is 25.2. The van der Waals surface area contributed by atoms with Gasteiger partial charge in [0.1, 0.15) is 0 Å². The SMILES string of the molecule is CC(C)=CC(=O)N(C)C1CC[C@]2(C)C3CC[C@@]4(C)C(CCC4C(C)N(C)C)C3CCC2[C@H]1O. The van der Waals surface area contributed by atoms with Gasteiger partial charge in [-0.05, 0) is 127 Å². The van der Waals surface area contributed by atoms with Crippen molar-refractivity contribution in [3.63, 3.8) is 0 Å². The van der Waals surface area contributed by atoms with E-state index < -0.39 is 6.10 Å². The van der Waals surface area contributed by atoms with E-state index in [9.17, 15) is 9.90 Å². The van der Waals surface area contributed by atoms with Crippen molar-refractivity contribution in [2.24, 2.45) is 40.4 Å².